The molecule has 6 nitrogen and oxygen atoms in total. The predicted molar refractivity (Wildman–Crippen MR) is 100 cm³/mol. The van der Waals surface area contributed by atoms with E-state index >= 15 is 0 Å². The van der Waals surface area contributed by atoms with Crippen LogP contribution in [0.3, 0.4) is 0 Å². The van der Waals surface area contributed by atoms with E-state index in [9.17, 15) is 14.4 Å². The van der Waals surface area contributed by atoms with Crippen molar-refractivity contribution in [3.05, 3.63) is 20.8 Å². The Morgan fingerprint density at radius 3 is 2.64 bits per heavy atom. The predicted octanol–water partition coefficient (Wildman–Crippen LogP) is 2.90. The minimum Gasteiger partial charge on any atom is -0.284 e. The third-order valence-electron chi connectivity index (χ3n) is 4.42. The van der Waals surface area contributed by atoms with Gasteiger partial charge in [-0.25, -0.2) is 4.98 Å². The third kappa shape index (κ3) is 3.25. The van der Waals surface area contributed by atoms with E-state index in [0.29, 0.717) is 28.3 Å². The number of nitrogens with zero attached hydrogens (tertiary/aromatic N) is 3. The van der Waals surface area contributed by atoms with Gasteiger partial charge in [-0.05, 0) is 39.7 Å². The van der Waals surface area contributed by atoms with Crippen molar-refractivity contribution in [1.29, 1.82) is 0 Å². The summed E-state index contributed by atoms with van der Waals surface area (Å²) in [5.41, 5.74) is 0.913. The van der Waals surface area contributed by atoms with E-state index < -0.39 is 0 Å². The highest BCUT2D eigenvalue weighted by atomic mass is 32.2. The van der Waals surface area contributed by atoms with Gasteiger partial charge in [0.1, 0.15) is 4.83 Å². The highest BCUT2D eigenvalue weighted by Gasteiger charge is 2.27. The van der Waals surface area contributed by atoms with Crippen molar-refractivity contribution in [1.82, 2.24) is 14.5 Å². The average Bonchev–Trinajstić information content (AvgIpc) is 3.08. The van der Waals surface area contributed by atoms with Crippen LogP contribution >= 0.6 is 23.1 Å². The zero-order valence-corrected chi connectivity index (χ0v) is 16.4. The topological polar surface area (TPSA) is 72.3 Å². The number of thioether (sulfide) groups is 1. The van der Waals surface area contributed by atoms with Gasteiger partial charge in [-0.15, -0.1) is 11.3 Å². The highest BCUT2D eigenvalue weighted by Crippen LogP contribution is 2.29. The zero-order valence-electron chi connectivity index (χ0n) is 14.8. The van der Waals surface area contributed by atoms with Crippen LogP contribution in [-0.4, -0.2) is 38.6 Å². The van der Waals surface area contributed by atoms with Crippen molar-refractivity contribution in [2.24, 2.45) is 0 Å². The van der Waals surface area contributed by atoms with Crippen LogP contribution in [0.25, 0.3) is 10.2 Å². The van der Waals surface area contributed by atoms with E-state index in [-0.39, 0.29) is 29.2 Å². The quantitative estimate of drug-likeness (QED) is 0.603. The number of amides is 2. The molecule has 134 valence electrons. The first-order valence-corrected chi connectivity index (χ1v) is 10.1. The molecule has 1 aliphatic heterocycles. The summed E-state index contributed by atoms with van der Waals surface area (Å²) in [6, 6.07) is -0.0602. The first-order valence-electron chi connectivity index (χ1n) is 8.29. The summed E-state index contributed by atoms with van der Waals surface area (Å²) in [7, 11) is 0. The van der Waals surface area contributed by atoms with Crippen LogP contribution < -0.4 is 5.56 Å². The third-order valence-corrected chi connectivity index (χ3v) is 6.46. The molecule has 25 heavy (non-hydrogen) atoms. The first-order chi connectivity index (χ1) is 11.8. The fraction of sp³-hybridized carbons (Fsp3) is 0.529. The molecule has 1 fully saturated rings. The molecule has 2 aromatic rings. The summed E-state index contributed by atoms with van der Waals surface area (Å²) < 4.78 is 1.64. The molecular weight excluding hydrogens is 358 g/mol. The Kier molecular flexibility index (Phi) is 5.02. The van der Waals surface area contributed by atoms with E-state index in [4.69, 9.17) is 0 Å². The van der Waals surface area contributed by atoms with Gasteiger partial charge in [0, 0.05) is 23.9 Å². The summed E-state index contributed by atoms with van der Waals surface area (Å²) in [5.74, 6) is -0.213. The molecule has 2 aromatic heterocycles. The Labute approximate surface area is 154 Å². The molecule has 1 saturated heterocycles. The van der Waals surface area contributed by atoms with Crippen molar-refractivity contribution in [2.45, 2.75) is 51.7 Å². The number of likely N-dealkylation sites (tertiary alicyclic amines) is 1. The number of thiophene rings is 1. The van der Waals surface area contributed by atoms with Crippen molar-refractivity contribution >= 4 is 45.1 Å². The number of aromatic nitrogens is 2. The fourth-order valence-electron chi connectivity index (χ4n) is 2.96. The normalized spacial score (nSPS) is 14.9. The number of hydrogen-bond donors (Lipinski definition) is 0. The minimum atomic E-state index is -0.212. The lowest BCUT2D eigenvalue weighted by molar-refractivity contribution is -0.140. The summed E-state index contributed by atoms with van der Waals surface area (Å²) in [5, 5.41) is 1.20. The molecule has 8 heteroatoms. The second kappa shape index (κ2) is 6.92. The van der Waals surface area contributed by atoms with Crippen molar-refractivity contribution < 1.29 is 9.59 Å². The van der Waals surface area contributed by atoms with Gasteiger partial charge in [0.25, 0.3) is 5.56 Å². The molecule has 3 heterocycles. The standard InChI is InChI=1S/C17H21N3O3S2/c1-9(2)20-16(23)14-10(3)11(4)25-15(14)18-17(20)24-8-13(22)19-7-5-6-12(19)21/h9H,5-8H2,1-4H3. The number of carbonyl (C=O) groups is 2. The largest absolute Gasteiger partial charge is 0.284 e. The van der Waals surface area contributed by atoms with Gasteiger partial charge >= 0.3 is 0 Å². The van der Waals surface area contributed by atoms with E-state index in [0.717, 1.165) is 16.9 Å². The van der Waals surface area contributed by atoms with Gasteiger partial charge in [-0.1, -0.05) is 11.8 Å². The number of carbonyl (C=O) groups excluding carboxylic acids is 2. The van der Waals surface area contributed by atoms with E-state index in [1.807, 2.05) is 27.7 Å². The average molecular weight is 380 g/mol. The van der Waals surface area contributed by atoms with Crippen LogP contribution in [0.1, 0.15) is 43.2 Å². The molecule has 0 aliphatic carbocycles. The summed E-state index contributed by atoms with van der Waals surface area (Å²) in [6.45, 7) is 8.27. The van der Waals surface area contributed by atoms with Crippen molar-refractivity contribution in [3.63, 3.8) is 0 Å². The Hall–Kier alpha value is -1.67. The van der Waals surface area contributed by atoms with Crippen LogP contribution in [0.5, 0.6) is 0 Å². The second-order valence-corrected chi connectivity index (χ2v) is 8.60. The molecule has 0 aromatic carbocycles. The number of rotatable bonds is 4. The van der Waals surface area contributed by atoms with E-state index in [1.165, 1.54) is 28.0 Å². The van der Waals surface area contributed by atoms with Crippen molar-refractivity contribution in [3.8, 4) is 0 Å². The van der Waals surface area contributed by atoms with Gasteiger partial charge in [0.05, 0.1) is 11.1 Å². The number of imide groups is 1. The van der Waals surface area contributed by atoms with Gasteiger partial charge in [-0.2, -0.15) is 0 Å². The maximum atomic E-state index is 12.9. The maximum Gasteiger partial charge on any atom is 0.263 e. The molecule has 0 bridgehead atoms. The van der Waals surface area contributed by atoms with Crippen LogP contribution in [0, 0.1) is 13.8 Å². The lowest BCUT2D eigenvalue weighted by atomic mass is 10.2. The van der Waals surface area contributed by atoms with E-state index in [1.54, 1.807) is 4.57 Å². The zero-order chi connectivity index (χ0) is 18.3. The van der Waals surface area contributed by atoms with Gasteiger partial charge in [0.2, 0.25) is 11.8 Å². The SMILES string of the molecule is Cc1sc2nc(SCC(=O)N3CCCC3=O)n(C(C)C)c(=O)c2c1C. The molecule has 3 rings (SSSR count). The molecule has 0 saturated carbocycles. The molecule has 0 unspecified atom stereocenters. The Bertz CT molecular complexity index is 914. The molecule has 0 N–H and O–H groups in total. The van der Waals surface area contributed by atoms with Gasteiger partial charge in [-0.3, -0.25) is 23.9 Å². The number of aryl methyl sites for hydroxylation is 2. The summed E-state index contributed by atoms with van der Waals surface area (Å²) >= 11 is 2.73. The summed E-state index contributed by atoms with van der Waals surface area (Å²) in [6.07, 6.45) is 1.16. The molecule has 2 amide bonds. The minimum absolute atomic E-state index is 0.0602. The van der Waals surface area contributed by atoms with Gasteiger partial charge < -0.3 is 0 Å². The maximum absolute atomic E-state index is 12.9. The summed E-state index contributed by atoms with van der Waals surface area (Å²) in [4.78, 5) is 44.7. The number of hydrogen-bond acceptors (Lipinski definition) is 6. The monoisotopic (exact) mass is 379 g/mol. The first kappa shape index (κ1) is 18.1. The van der Waals surface area contributed by atoms with Crippen LogP contribution in [0.2, 0.25) is 0 Å². The lowest BCUT2D eigenvalue weighted by Gasteiger charge is -2.17. The van der Waals surface area contributed by atoms with E-state index in [2.05, 4.69) is 4.98 Å². The second-order valence-electron chi connectivity index (χ2n) is 6.46. The van der Waals surface area contributed by atoms with Crippen molar-refractivity contribution in [2.75, 3.05) is 12.3 Å². The van der Waals surface area contributed by atoms with Crippen LogP contribution in [-0.2, 0) is 9.59 Å². The van der Waals surface area contributed by atoms with Crippen LogP contribution in [0.4, 0.5) is 0 Å². The van der Waals surface area contributed by atoms with Crippen LogP contribution in [0.15, 0.2) is 9.95 Å². The fourth-order valence-corrected chi connectivity index (χ4v) is 5.04. The highest BCUT2D eigenvalue weighted by molar-refractivity contribution is 7.99. The Morgan fingerprint density at radius 2 is 2.04 bits per heavy atom. The molecule has 1 aliphatic rings. The Balaban J connectivity index is 1.95. The molecular formula is C17H21N3O3S2. The number of fused-ring (bicyclic) bond motifs is 1. The molecule has 0 spiro atoms. The van der Waals surface area contributed by atoms with Gasteiger partial charge in [0.15, 0.2) is 5.16 Å². The Morgan fingerprint density at radius 1 is 1.32 bits per heavy atom. The lowest BCUT2D eigenvalue weighted by Crippen LogP contribution is -2.33. The molecule has 0 radical (unpaired) electrons. The smallest absolute Gasteiger partial charge is 0.263 e. The molecule has 0 atom stereocenters.